The second kappa shape index (κ2) is 8.70. The van der Waals surface area contributed by atoms with Gasteiger partial charge < -0.3 is 10.6 Å². The Morgan fingerprint density at radius 1 is 1.12 bits per heavy atom. The van der Waals surface area contributed by atoms with Crippen LogP contribution >= 0.6 is 0 Å². The molecule has 0 radical (unpaired) electrons. The second-order valence-corrected chi connectivity index (χ2v) is 6.93. The van der Waals surface area contributed by atoms with Crippen LogP contribution in [0.15, 0.2) is 41.5 Å². The Kier molecular flexibility index (Phi) is 6.62. The number of hydrogen-bond acceptors (Lipinski definition) is 2. The maximum atomic E-state index is 4.67. The molecule has 0 saturated heterocycles. The van der Waals surface area contributed by atoms with Gasteiger partial charge in [-0.3, -0.25) is 4.68 Å². The van der Waals surface area contributed by atoms with E-state index >= 15 is 0 Å². The fourth-order valence-corrected chi connectivity index (χ4v) is 2.66. The highest BCUT2D eigenvalue weighted by molar-refractivity contribution is 5.79. The first-order valence-corrected chi connectivity index (χ1v) is 9.04. The lowest BCUT2D eigenvalue weighted by atomic mass is 9.84. The van der Waals surface area contributed by atoms with E-state index in [-0.39, 0.29) is 5.41 Å². The molecule has 0 aliphatic heterocycles. The molecule has 0 aliphatic rings. The van der Waals surface area contributed by atoms with E-state index in [9.17, 15) is 0 Å². The van der Waals surface area contributed by atoms with Crippen molar-refractivity contribution in [1.82, 2.24) is 20.4 Å². The van der Waals surface area contributed by atoms with Crippen molar-refractivity contribution in [3.8, 4) is 0 Å². The largest absolute Gasteiger partial charge is 0.357 e. The molecule has 0 aliphatic carbocycles. The normalized spacial score (nSPS) is 12.3. The lowest BCUT2D eigenvalue weighted by Crippen LogP contribution is -2.43. The molecule has 25 heavy (non-hydrogen) atoms. The van der Waals surface area contributed by atoms with E-state index in [4.69, 9.17) is 0 Å². The first-order chi connectivity index (χ1) is 12.0. The van der Waals surface area contributed by atoms with E-state index < -0.39 is 0 Å². The number of aryl methyl sites for hydroxylation is 2. The molecule has 0 fully saturated rings. The predicted molar refractivity (Wildman–Crippen MR) is 105 cm³/mol. The first-order valence-electron chi connectivity index (χ1n) is 9.04. The molecule has 0 unspecified atom stereocenters. The number of nitrogens with zero attached hydrogens (tertiary/aromatic N) is 3. The van der Waals surface area contributed by atoms with Gasteiger partial charge in [-0.2, -0.15) is 5.10 Å². The van der Waals surface area contributed by atoms with Crippen molar-refractivity contribution in [2.24, 2.45) is 12.0 Å². The summed E-state index contributed by atoms with van der Waals surface area (Å²) in [5.74, 6) is 0.835. The maximum absolute atomic E-state index is 4.67. The van der Waals surface area contributed by atoms with Crippen LogP contribution in [0.2, 0.25) is 0 Å². The summed E-state index contributed by atoms with van der Waals surface area (Å²) >= 11 is 0. The lowest BCUT2D eigenvalue weighted by Gasteiger charge is -2.27. The van der Waals surface area contributed by atoms with Gasteiger partial charge in [0, 0.05) is 31.7 Å². The number of benzene rings is 1. The Bertz CT molecular complexity index is 682. The average Bonchev–Trinajstić information content (AvgIpc) is 3.02. The molecule has 0 atom stereocenters. The fraction of sp³-hybridized carbons (Fsp3) is 0.500. The SMILES string of the molecule is CCNC(=NCc1ccnn1C)NCC(C)(C)c1ccc(CC)cc1. The number of aromatic nitrogens is 2. The van der Waals surface area contributed by atoms with Crippen LogP contribution in [0.5, 0.6) is 0 Å². The molecule has 0 bridgehead atoms. The second-order valence-electron chi connectivity index (χ2n) is 6.93. The third-order valence-electron chi connectivity index (χ3n) is 4.51. The van der Waals surface area contributed by atoms with E-state index in [0.29, 0.717) is 6.54 Å². The zero-order valence-corrected chi connectivity index (χ0v) is 16.1. The molecule has 0 amide bonds. The quantitative estimate of drug-likeness (QED) is 0.601. The van der Waals surface area contributed by atoms with Crippen LogP contribution in [0.4, 0.5) is 0 Å². The number of guanidine groups is 1. The smallest absolute Gasteiger partial charge is 0.191 e. The highest BCUT2D eigenvalue weighted by atomic mass is 15.3. The molecule has 1 aromatic carbocycles. The topological polar surface area (TPSA) is 54.2 Å². The van der Waals surface area contributed by atoms with Crippen molar-refractivity contribution in [1.29, 1.82) is 0 Å². The van der Waals surface area contributed by atoms with Crippen molar-refractivity contribution in [2.45, 2.75) is 46.1 Å². The van der Waals surface area contributed by atoms with E-state index in [2.05, 4.69) is 72.7 Å². The van der Waals surface area contributed by atoms with Gasteiger partial charge in [-0.1, -0.05) is 45.0 Å². The Morgan fingerprint density at radius 2 is 1.84 bits per heavy atom. The first kappa shape index (κ1) is 19.0. The summed E-state index contributed by atoms with van der Waals surface area (Å²) in [7, 11) is 1.94. The van der Waals surface area contributed by atoms with Gasteiger partial charge >= 0.3 is 0 Å². The molecule has 1 aromatic heterocycles. The summed E-state index contributed by atoms with van der Waals surface area (Å²) in [6.45, 7) is 11.0. The predicted octanol–water partition coefficient (Wildman–Crippen LogP) is 3.02. The minimum atomic E-state index is 0.0228. The highest BCUT2D eigenvalue weighted by Crippen LogP contribution is 2.22. The van der Waals surface area contributed by atoms with Crippen molar-refractivity contribution in [3.05, 3.63) is 53.3 Å². The number of aliphatic imine (C=N–C) groups is 1. The summed E-state index contributed by atoms with van der Waals surface area (Å²) in [6.07, 6.45) is 2.87. The van der Waals surface area contributed by atoms with E-state index in [1.165, 1.54) is 11.1 Å². The summed E-state index contributed by atoms with van der Waals surface area (Å²) in [4.78, 5) is 4.67. The molecule has 5 heteroatoms. The van der Waals surface area contributed by atoms with Crippen molar-refractivity contribution in [2.75, 3.05) is 13.1 Å². The van der Waals surface area contributed by atoms with E-state index in [0.717, 1.165) is 31.2 Å². The Balaban J connectivity index is 2.01. The zero-order valence-electron chi connectivity index (χ0n) is 16.1. The van der Waals surface area contributed by atoms with E-state index in [1.807, 2.05) is 17.8 Å². The molecule has 2 aromatic rings. The monoisotopic (exact) mass is 341 g/mol. The zero-order chi connectivity index (χ0) is 18.3. The molecule has 136 valence electrons. The van der Waals surface area contributed by atoms with Crippen molar-refractivity contribution < 1.29 is 0 Å². The van der Waals surface area contributed by atoms with Crippen LogP contribution in [-0.4, -0.2) is 28.8 Å². The van der Waals surface area contributed by atoms with Crippen molar-refractivity contribution >= 4 is 5.96 Å². The number of nitrogens with one attached hydrogen (secondary N) is 2. The van der Waals surface area contributed by atoms with Gasteiger partial charge in [0.15, 0.2) is 5.96 Å². The average molecular weight is 342 g/mol. The third-order valence-corrected chi connectivity index (χ3v) is 4.51. The highest BCUT2D eigenvalue weighted by Gasteiger charge is 2.20. The van der Waals surface area contributed by atoms with Gasteiger partial charge in [0.1, 0.15) is 0 Å². The lowest BCUT2D eigenvalue weighted by molar-refractivity contribution is 0.508. The number of rotatable bonds is 7. The summed E-state index contributed by atoms with van der Waals surface area (Å²) < 4.78 is 1.85. The maximum Gasteiger partial charge on any atom is 0.191 e. The van der Waals surface area contributed by atoms with Gasteiger partial charge in [-0.15, -0.1) is 0 Å². The minimum Gasteiger partial charge on any atom is -0.357 e. The van der Waals surface area contributed by atoms with Crippen LogP contribution < -0.4 is 10.6 Å². The van der Waals surface area contributed by atoms with Gasteiger partial charge in [-0.05, 0) is 30.5 Å². The molecule has 0 spiro atoms. The molecule has 2 N–H and O–H groups in total. The molecular formula is C20H31N5. The fourth-order valence-electron chi connectivity index (χ4n) is 2.66. The molecule has 1 heterocycles. The standard InChI is InChI=1S/C20H31N5/c1-6-16-8-10-17(11-9-16)20(3,4)15-23-19(21-7-2)22-14-18-12-13-24-25(18)5/h8-13H,6-7,14-15H2,1-5H3,(H2,21,22,23). The van der Waals surface area contributed by atoms with E-state index in [1.54, 1.807) is 6.20 Å². The summed E-state index contributed by atoms with van der Waals surface area (Å²) in [6, 6.07) is 10.9. The number of hydrogen-bond donors (Lipinski definition) is 2. The van der Waals surface area contributed by atoms with Gasteiger partial charge in [-0.25, -0.2) is 4.99 Å². The van der Waals surface area contributed by atoms with Gasteiger partial charge in [0.25, 0.3) is 0 Å². The Morgan fingerprint density at radius 3 is 2.40 bits per heavy atom. The van der Waals surface area contributed by atoms with Gasteiger partial charge in [0.05, 0.1) is 12.2 Å². The van der Waals surface area contributed by atoms with Crippen LogP contribution in [0, 0.1) is 0 Å². The van der Waals surface area contributed by atoms with Crippen LogP contribution in [0.25, 0.3) is 0 Å². The van der Waals surface area contributed by atoms with Crippen LogP contribution in [0.3, 0.4) is 0 Å². The van der Waals surface area contributed by atoms with Gasteiger partial charge in [0.2, 0.25) is 0 Å². The minimum absolute atomic E-state index is 0.0228. The molecule has 2 rings (SSSR count). The van der Waals surface area contributed by atoms with Crippen LogP contribution in [-0.2, 0) is 25.4 Å². The van der Waals surface area contributed by atoms with Crippen molar-refractivity contribution in [3.63, 3.8) is 0 Å². The summed E-state index contributed by atoms with van der Waals surface area (Å²) in [5, 5.41) is 11.0. The van der Waals surface area contributed by atoms with Crippen LogP contribution in [0.1, 0.15) is 44.5 Å². The Hall–Kier alpha value is -2.30. The third kappa shape index (κ3) is 5.34. The molecule has 0 saturated carbocycles. The Labute approximate surface area is 151 Å². The molecule has 5 nitrogen and oxygen atoms in total. The summed E-state index contributed by atoms with van der Waals surface area (Å²) in [5.41, 5.74) is 3.82. The molecular weight excluding hydrogens is 310 g/mol.